The van der Waals surface area contributed by atoms with E-state index in [-0.39, 0.29) is 11.4 Å². The molecule has 2 heteroatoms. The smallest absolute Gasteiger partial charge is 0.252 e. The van der Waals surface area contributed by atoms with E-state index in [0.29, 0.717) is 0 Å². The summed E-state index contributed by atoms with van der Waals surface area (Å²) >= 11 is 0. The molecule has 3 rings (SSSR count). The van der Waals surface area contributed by atoms with Crippen molar-refractivity contribution in [1.82, 2.24) is 5.32 Å². The third-order valence-electron chi connectivity index (χ3n) is 4.44. The first-order valence-electron chi connectivity index (χ1n) is 6.82. The standard InChI is InChI=1S/C16H19NO/c1-12-14(13-8-4-2-5-9-13)15(18)17-16(12)10-6-3-7-11-16/h2,4-5,8-9H,3,6-7,10-11H2,1H3,(H,17,18). The second kappa shape index (κ2) is 4.27. The first-order chi connectivity index (χ1) is 8.73. The molecule has 0 saturated heterocycles. The van der Waals surface area contributed by atoms with Crippen molar-refractivity contribution in [2.45, 2.75) is 44.6 Å². The second-order valence-electron chi connectivity index (χ2n) is 5.46. The van der Waals surface area contributed by atoms with Crippen molar-refractivity contribution >= 4 is 11.5 Å². The monoisotopic (exact) mass is 241 g/mol. The Morgan fingerprint density at radius 1 is 1.06 bits per heavy atom. The molecule has 2 aliphatic rings. The lowest BCUT2D eigenvalue weighted by molar-refractivity contribution is -0.116. The number of amides is 1. The van der Waals surface area contributed by atoms with Crippen LogP contribution >= 0.6 is 0 Å². The number of carbonyl (C=O) groups is 1. The summed E-state index contributed by atoms with van der Waals surface area (Å²) in [5.74, 6) is 0.112. The Labute approximate surface area is 108 Å². The van der Waals surface area contributed by atoms with Gasteiger partial charge in [-0.1, -0.05) is 49.6 Å². The highest BCUT2D eigenvalue weighted by Crippen LogP contribution is 2.41. The fourth-order valence-corrected chi connectivity index (χ4v) is 3.39. The molecule has 1 aromatic rings. The predicted octanol–water partition coefficient (Wildman–Crippen LogP) is 3.29. The fourth-order valence-electron chi connectivity index (χ4n) is 3.39. The normalized spacial score (nSPS) is 22.4. The Kier molecular flexibility index (Phi) is 2.73. The van der Waals surface area contributed by atoms with Gasteiger partial charge in [-0.25, -0.2) is 0 Å². The zero-order valence-electron chi connectivity index (χ0n) is 10.8. The van der Waals surface area contributed by atoms with Crippen LogP contribution in [0.2, 0.25) is 0 Å². The molecule has 1 aromatic carbocycles. The largest absolute Gasteiger partial charge is 0.343 e. The maximum atomic E-state index is 12.3. The van der Waals surface area contributed by atoms with E-state index in [1.54, 1.807) is 0 Å². The first-order valence-corrected chi connectivity index (χ1v) is 6.82. The Morgan fingerprint density at radius 3 is 2.39 bits per heavy atom. The molecule has 1 fully saturated rings. The van der Waals surface area contributed by atoms with Gasteiger partial charge in [0.15, 0.2) is 0 Å². The van der Waals surface area contributed by atoms with Crippen LogP contribution in [0.25, 0.3) is 5.57 Å². The minimum absolute atomic E-state index is 0.0412. The van der Waals surface area contributed by atoms with E-state index in [0.717, 1.165) is 24.0 Å². The molecule has 1 aliphatic heterocycles. The van der Waals surface area contributed by atoms with E-state index in [9.17, 15) is 4.79 Å². The molecule has 0 radical (unpaired) electrons. The van der Waals surface area contributed by atoms with Crippen LogP contribution in [0.1, 0.15) is 44.6 Å². The number of benzene rings is 1. The van der Waals surface area contributed by atoms with Crippen molar-refractivity contribution in [3.63, 3.8) is 0 Å². The summed E-state index contributed by atoms with van der Waals surface area (Å²) in [6.45, 7) is 2.13. The molecule has 1 spiro atoms. The highest BCUT2D eigenvalue weighted by atomic mass is 16.2. The Hall–Kier alpha value is -1.57. The zero-order chi connectivity index (χ0) is 12.6. The van der Waals surface area contributed by atoms with Gasteiger partial charge in [-0.05, 0) is 30.9 Å². The van der Waals surface area contributed by atoms with E-state index in [4.69, 9.17) is 0 Å². The molecule has 2 nitrogen and oxygen atoms in total. The third kappa shape index (κ3) is 1.67. The predicted molar refractivity (Wildman–Crippen MR) is 73.0 cm³/mol. The van der Waals surface area contributed by atoms with Crippen LogP contribution in [-0.4, -0.2) is 11.4 Å². The van der Waals surface area contributed by atoms with Gasteiger partial charge in [0.2, 0.25) is 0 Å². The molecule has 1 N–H and O–H groups in total. The van der Waals surface area contributed by atoms with Crippen molar-refractivity contribution in [3.05, 3.63) is 41.5 Å². The highest BCUT2D eigenvalue weighted by Gasteiger charge is 2.43. The van der Waals surface area contributed by atoms with E-state index in [1.165, 1.54) is 24.8 Å². The minimum Gasteiger partial charge on any atom is -0.343 e. The van der Waals surface area contributed by atoms with Crippen molar-refractivity contribution in [2.75, 3.05) is 0 Å². The highest BCUT2D eigenvalue weighted by molar-refractivity contribution is 6.23. The summed E-state index contributed by atoms with van der Waals surface area (Å²) < 4.78 is 0. The summed E-state index contributed by atoms with van der Waals surface area (Å²) in [5.41, 5.74) is 3.16. The lowest BCUT2D eigenvalue weighted by Gasteiger charge is -2.35. The van der Waals surface area contributed by atoms with Gasteiger partial charge in [-0.3, -0.25) is 4.79 Å². The molecule has 1 heterocycles. The van der Waals surface area contributed by atoms with Crippen molar-refractivity contribution in [1.29, 1.82) is 0 Å². The van der Waals surface area contributed by atoms with Gasteiger partial charge in [-0.15, -0.1) is 0 Å². The zero-order valence-corrected chi connectivity index (χ0v) is 10.8. The molecule has 18 heavy (non-hydrogen) atoms. The van der Waals surface area contributed by atoms with E-state index >= 15 is 0 Å². The number of hydrogen-bond acceptors (Lipinski definition) is 1. The SMILES string of the molecule is CC1=C(c2ccccc2)C(=O)NC12CCCCC2. The molecule has 1 amide bonds. The minimum atomic E-state index is -0.0412. The van der Waals surface area contributed by atoms with Crippen LogP contribution in [0.15, 0.2) is 35.9 Å². The molecular formula is C16H19NO. The van der Waals surface area contributed by atoms with Gasteiger partial charge < -0.3 is 5.32 Å². The number of nitrogens with one attached hydrogen (secondary N) is 1. The van der Waals surface area contributed by atoms with Crippen LogP contribution in [0.4, 0.5) is 0 Å². The van der Waals surface area contributed by atoms with E-state index in [2.05, 4.69) is 12.2 Å². The lowest BCUT2D eigenvalue weighted by Crippen LogP contribution is -2.45. The second-order valence-corrected chi connectivity index (χ2v) is 5.46. The Balaban J connectivity index is 2.05. The molecule has 94 valence electrons. The number of carbonyl (C=O) groups excluding carboxylic acids is 1. The molecule has 1 aliphatic carbocycles. The van der Waals surface area contributed by atoms with Crippen LogP contribution < -0.4 is 5.32 Å². The molecule has 1 saturated carbocycles. The third-order valence-corrected chi connectivity index (χ3v) is 4.44. The van der Waals surface area contributed by atoms with Gasteiger partial charge in [0.1, 0.15) is 0 Å². The molecule has 0 bridgehead atoms. The topological polar surface area (TPSA) is 29.1 Å². The summed E-state index contributed by atoms with van der Waals surface area (Å²) in [6, 6.07) is 10.0. The number of hydrogen-bond donors (Lipinski definition) is 1. The van der Waals surface area contributed by atoms with E-state index in [1.807, 2.05) is 30.3 Å². The van der Waals surface area contributed by atoms with Crippen LogP contribution in [0, 0.1) is 0 Å². The maximum Gasteiger partial charge on any atom is 0.252 e. The van der Waals surface area contributed by atoms with E-state index < -0.39 is 0 Å². The van der Waals surface area contributed by atoms with Crippen molar-refractivity contribution in [3.8, 4) is 0 Å². The van der Waals surface area contributed by atoms with Gasteiger partial charge in [0.05, 0.1) is 5.54 Å². The number of rotatable bonds is 1. The van der Waals surface area contributed by atoms with Gasteiger partial charge in [0.25, 0.3) is 5.91 Å². The average Bonchev–Trinajstić information content (AvgIpc) is 2.63. The summed E-state index contributed by atoms with van der Waals surface area (Å²) in [5, 5.41) is 3.25. The Bertz CT molecular complexity index is 495. The quantitative estimate of drug-likeness (QED) is 0.803. The molecule has 0 atom stereocenters. The van der Waals surface area contributed by atoms with Crippen molar-refractivity contribution in [2.24, 2.45) is 0 Å². The van der Waals surface area contributed by atoms with Crippen LogP contribution in [0.5, 0.6) is 0 Å². The van der Waals surface area contributed by atoms with Gasteiger partial charge in [-0.2, -0.15) is 0 Å². The summed E-state index contributed by atoms with van der Waals surface area (Å²) in [7, 11) is 0. The molecule has 0 aromatic heterocycles. The van der Waals surface area contributed by atoms with Crippen molar-refractivity contribution < 1.29 is 4.79 Å². The molecular weight excluding hydrogens is 222 g/mol. The lowest BCUT2D eigenvalue weighted by atomic mass is 9.77. The Morgan fingerprint density at radius 2 is 1.72 bits per heavy atom. The molecule has 0 unspecified atom stereocenters. The van der Waals surface area contributed by atoms with Crippen LogP contribution in [-0.2, 0) is 4.79 Å². The summed E-state index contributed by atoms with van der Waals surface area (Å²) in [6.07, 6.45) is 5.94. The summed E-state index contributed by atoms with van der Waals surface area (Å²) in [4.78, 5) is 12.3. The van der Waals surface area contributed by atoms with Gasteiger partial charge in [0, 0.05) is 5.57 Å². The fraction of sp³-hybridized carbons (Fsp3) is 0.438. The average molecular weight is 241 g/mol. The van der Waals surface area contributed by atoms with Gasteiger partial charge >= 0.3 is 0 Å². The maximum absolute atomic E-state index is 12.3. The van der Waals surface area contributed by atoms with Crippen LogP contribution in [0.3, 0.4) is 0 Å². The first kappa shape index (κ1) is 11.5.